The van der Waals surface area contributed by atoms with Gasteiger partial charge in [0.05, 0.1) is 22.2 Å². The van der Waals surface area contributed by atoms with Crippen molar-refractivity contribution < 1.29 is 10.0 Å². The summed E-state index contributed by atoms with van der Waals surface area (Å²) in [5.74, 6) is 0. The average Bonchev–Trinajstić information content (AvgIpc) is 2.28. The molecular formula is C11H15ClN2O3. The summed E-state index contributed by atoms with van der Waals surface area (Å²) < 4.78 is 0. The molecule has 6 heteroatoms. The Morgan fingerprint density at radius 2 is 2.24 bits per heavy atom. The summed E-state index contributed by atoms with van der Waals surface area (Å²) in [5.41, 5.74) is 1.30. The van der Waals surface area contributed by atoms with Crippen LogP contribution < -0.4 is 5.32 Å². The summed E-state index contributed by atoms with van der Waals surface area (Å²) in [4.78, 5) is 10.2. The second-order valence-electron chi connectivity index (χ2n) is 3.81. The van der Waals surface area contributed by atoms with Crippen LogP contribution in [0.25, 0.3) is 0 Å². The lowest BCUT2D eigenvalue weighted by atomic mass is 10.1. The molecule has 5 nitrogen and oxygen atoms in total. The van der Waals surface area contributed by atoms with Crippen LogP contribution in [-0.2, 0) is 0 Å². The molecule has 0 aliphatic heterocycles. The number of benzene rings is 1. The fourth-order valence-electron chi connectivity index (χ4n) is 1.50. The number of rotatable bonds is 5. The van der Waals surface area contributed by atoms with Crippen molar-refractivity contribution in [3.05, 3.63) is 32.8 Å². The minimum absolute atomic E-state index is 0.0107. The van der Waals surface area contributed by atoms with Gasteiger partial charge in [0.25, 0.3) is 5.69 Å². The summed E-state index contributed by atoms with van der Waals surface area (Å²) in [5, 5.41) is 23.1. The highest BCUT2D eigenvalue weighted by Crippen LogP contribution is 2.31. The van der Waals surface area contributed by atoms with E-state index >= 15 is 0 Å². The lowest BCUT2D eigenvalue weighted by Gasteiger charge is -2.18. The molecule has 94 valence electrons. The maximum absolute atomic E-state index is 10.6. The van der Waals surface area contributed by atoms with E-state index in [-0.39, 0.29) is 18.3 Å². The van der Waals surface area contributed by atoms with Crippen molar-refractivity contribution in [2.75, 3.05) is 11.9 Å². The number of anilines is 1. The van der Waals surface area contributed by atoms with Gasteiger partial charge in [-0.2, -0.15) is 0 Å². The van der Waals surface area contributed by atoms with Gasteiger partial charge in [0, 0.05) is 18.2 Å². The molecule has 2 N–H and O–H groups in total. The molecular weight excluding hydrogens is 244 g/mol. The first-order chi connectivity index (χ1) is 7.99. The van der Waals surface area contributed by atoms with Gasteiger partial charge in [0.2, 0.25) is 0 Å². The smallest absolute Gasteiger partial charge is 0.271 e. The first-order valence-corrected chi connectivity index (χ1v) is 5.69. The maximum atomic E-state index is 10.6. The Hall–Kier alpha value is -1.33. The number of nitrogens with zero attached hydrogens (tertiary/aromatic N) is 1. The highest BCUT2D eigenvalue weighted by Gasteiger charge is 2.15. The van der Waals surface area contributed by atoms with E-state index in [4.69, 9.17) is 16.7 Å². The summed E-state index contributed by atoms with van der Waals surface area (Å²) in [6, 6.07) is 2.66. The third-order valence-electron chi connectivity index (χ3n) is 2.54. The minimum atomic E-state index is -0.480. The molecule has 0 heterocycles. The summed E-state index contributed by atoms with van der Waals surface area (Å²) in [6.07, 6.45) is 0.739. The van der Waals surface area contributed by atoms with E-state index < -0.39 is 4.92 Å². The molecule has 0 fully saturated rings. The van der Waals surface area contributed by atoms with Crippen molar-refractivity contribution in [1.29, 1.82) is 0 Å². The van der Waals surface area contributed by atoms with E-state index in [2.05, 4.69) is 5.32 Å². The minimum Gasteiger partial charge on any atom is -0.394 e. The number of aliphatic hydroxyl groups excluding tert-OH is 1. The molecule has 0 aliphatic rings. The highest BCUT2D eigenvalue weighted by atomic mass is 35.5. The Bertz CT molecular complexity index is 396. The predicted molar refractivity (Wildman–Crippen MR) is 67.6 cm³/mol. The normalized spacial score (nSPS) is 12.2. The molecule has 0 aliphatic carbocycles. The van der Waals surface area contributed by atoms with Crippen LogP contribution in [0.1, 0.15) is 18.9 Å². The van der Waals surface area contributed by atoms with Crippen LogP contribution in [0.15, 0.2) is 12.1 Å². The van der Waals surface area contributed by atoms with Gasteiger partial charge in [0.1, 0.15) is 0 Å². The molecule has 0 spiro atoms. The van der Waals surface area contributed by atoms with Gasteiger partial charge in [0.15, 0.2) is 0 Å². The van der Waals surface area contributed by atoms with Crippen LogP contribution >= 0.6 is 11.6 Å². The number of non-ortho nitro benzene ring substituents is 1. The Labute approximate surface area is 105 Å². The van der Waals surface area contributed by atoms with Gasteiger partial charge in [-0.3, -0.25) is 10.1 Å². The van der Waals surface area contributed by atoms with Crippen LogP contribution in [0, 0.1) is 17.0 Å². The summed E-state index contributed by atoms with van der Waals surface area (Å²) >= 11 is 5.99. The Morgan fingerprint density at radius 3 is 2.65 bits per heavy atom. The number of nitrogens with one attached hydrogen (secondary N) is 1. The molecule has 1 atom stereocenters. The first-order valence-electron chi connectivity index (χ1n) is 5.31. The molecule has 1 aromatic carbocycles. The van der Waals surface area contributed by atoms with Crippen molar-refractivity contribution in [2.24, 2.45) is 0 Å². The molecule has 1 aromatic rings. The Kier molecular flexibility index (Phi) is 4.72. The van der Waals surface area contributed by atoms with Gasteiger partial charge < -0.3 is 10.4 Å². The fourth-order valence-corrected chi connectivity index (χ4v) is 1.81. The second-order valence-corrected chi connectivity index (χ2v) is 4.22. The number of hydrogen-bond acceptors (Lipinski definition) is 4. The first kappa shape index (κ1) is 13.7. The molecule has 0 saturated heterocycles. The van der Waals surface area contributed by atoms with Gasteiger partial charge in [-0.05, 0) is 18.9 Å². The van der Waals surface area contributed by atoms with Crippen molar-refractivity contribution >= 4 is 23.0 Å². The Balaban J connectivity index is 3.05. The zero-order valence-electron chi connectivity index (χ0n) is 9.74. The van der Waals surface area contributed by atoms with Gasteiger partial charge in [-0.25, -0.2) is 0 Å². The number of nitro benzene ring substituents is 1. The zero-order chi connectivity index (χ0) is 13.0. The lowest BCUT2D eigenvalue weighted by Crippen LogP contribution is -2.23. The molecule has 0 radical (unpaired) electrons. The van der Waals surface area contributed by atoms with E-state index in [0.29, 0.717) is 16.3 Å². The molecule has 0 saturated carbocycles. The maximum Gasteiger partial charge on any atom is 0.271 e. The summed E-state index contributed by atoms with van der Waals surface area (Å²) in [7, 11) is 0. The highest BCUT2D eigenvalue weighted by molar-refractivity contribution is 6.33. The number of aryl methyl sites for hydroxylation is 1. The number of halogens is 1. The van der Waals surface area contributed by atoms with Crippen molar-refractivity contribution in [1.82, 2.24) is 0 Å². The fraction of sp³-hybridized carbons (Fsp3) is 0.455. The zero-order valence-corrected chi connectivity index (χ0v) is 10.5. The molecule has 17 heavy (non-hydrogen) atoms. The molecule has 0 unspecified atom stereocenters. The molecule has 0 bridgehead atoms. The monoisotopic (exact) mass is 258 g/mol. The topological polar surface area (TPSA) is 75.4 Å². The number of hydrogen-bond donors (Lipinski definition) is 2. The predicted octanol–water partition coefficient (Wildman–Crippen LogP) is 2.74. The lowest BCUT2D eigenvalue weighted by molar-refractivity contribution is -0.384. The number of nitro groups is 1. The van der Waals surface area contributed by atoms with Crippen LogP contribution in [0.3, 0.4) is 0 Å². The van der Waals surface area contributed by atoms with E-state index in [9.17, 15) is 10.1 Å². The van der Waals surface area contributed by atoms with Crippen LogP contribution in [0.5, 0.6) is 0 Å². The van der Waals surface area contributed by atoms with Crippen molar-refractivity contribution in [3.63, 3.8) is 0 Å². The van der Waals surface area contributed by atoms with E-state index in [1.165, 1.54) is 12.1 Å². The second kappa shape index (κ2) is 5.84. The van der Waals surface area contributed by atoms with Gasteiger partial charge >= 0.3 is 0 Å². The van der Waals surface area contributed by atoms with Gasteiger partial charge in [-0.1, -0.05) is 18.5 Å². The van der Waals surface area contributed by atoms with Gasteiger partial charge in [-0.15, -0.1) is 0 Å². The number of aliphatic hydroxyl groups is 1. The third-order valence-corrected chi connectivity index (χ3v) is 2.84. The van der Waals surface area contributed by atoms with Crippen molar-refractivity contribution in [3.8, 4) is 0 Å². The standard InChI is InChI=1S/C11H15ClN2O3/c1-3-8(6-15)13-11-7(2)4-9(14(16)17)5-10(11)12/h4-5,8,13,15H,3,6H2,1-2H3/t8-/m0/s1. The molecule has 0 amide bonds. The van der Waals surface area contributed by atoms with E-state index in [0.717, 1.165) is 6.42 Å². The van der Waals surface area contributed by atoms with Crippen molar-refractivity contribution in [2.45, 2.75) is 26.3 Å². The molecule has 0 aromatic heterocycles. The SMILES string of the molecule is CC[C@@H](CO)Nc1c(C)cc([N+](=O)[O-])cc1Cl. The van der Waals surface area contributed by atoms with Crippen LogP contribution in [-0.4, -0.2) is 22.7 Å². The van der Waals surface area contributed by atoms with Crippen LogP contribution in [0.4, 0.5) is 11.4 Å². The Morgan fingerprint density at radius 1 is 1.59 bits per heavy atom. The molecule has 1 rings (SSSR count). The van der Waals surface area contributed by atoms with E-state index in [1.54, 1.807) is 6.92 Å². The average molecular weight is 259 g/mol. The quantitative estimate of drug-likeness (QED) is 0.629. The summed E-state index contributed by atoms with van der Waals surface area (Å²) in [6.45, 7) is 3.66. The third kappa shape index (κ3) is 3.31. The largest absolute Gasteiger partial charge is 0.394 e. The van der Waals surface area contributed by atoms with Crippen LogP contribution in [0.2, 0.25) is 5.02 Å². The van der Waals surface area contributed by atoms with E-state index in [1.807, 2.05) is 6.92 Å².